The molecule has 26 heavy (non-hydrogen) atoms. The highest BCUT2D eigenvalue weighted by Gasteiger charge is 2.34. The number of benzene rings is 2. The first-order chi connectivity index (χ1) is 11.9. The highest BCUT2D eigenvalue weighted by atomic mass is 35.5. The van der Waals surface area contributed by atoms with E-state index in [1.165, 1.54) is 6.07 Å². The third kappa shape index (κ3) is 5.05. The van der Waals surface area contributed by atoms with E-state index < -0.39 is 39.9 Å². The van der Waals surface area contributed by atoms with Crippen LogP contribution in [0.15, 0.2) is 41.3 Å². The van der Waals surface area contributed by atoms with Crippen LogP contribution < -0.4 is 9.25 Å². The van der Waals surface area contributed by atoms with Crippen molar-refractivity contribution in [1.82, 2.24) is 0 Å². The van der Waals surface area contributed by atoms with E-state index in [9.17, 15) is 26.2 Å². The zero-order valence-corrected chi connectivity index (χ0v) is 15.7. The van der Waals surface area contributed by atoms with Gasteiger partial charge >= 0.3 is 14.4 Å². The van der Waals surface area contributed by atoms with Crippen LogP contribution in [0.2, 0.25) is 10.0 Å². The van der Waals surface area contributed by atoms with Gasteiger partial charge in [0.1, 0.15) is 0 Å². The fourth-order valence-corrected chi connectivity index (χ4v) is 3.71. The van der Waals surface area contributed by atoms with Gasteiger partial charge in [0.2, 0.25) is 0 Å². The van der Waals surface area contributed by atoms with E-state index in [1.807, 2.05) is 4.72 Å². The summed E-state index contributed by atoms with van der Waals surface area (Å²) in [4.78, 5) is 8.12. The van der Waals surface area contributed by atoms with Crippen molar-refractivity contribution >= 4 is 47.2 Å². The molecule has 0 amide bonds. The summed E-state index contributed by atoms with van der Waals surface area (Å²) in [5, 5.41) is -0.609. The third-order valence-corrected chi connectivity index (χ3v) is 5.26. The average Bonchev–Trinajstić information content (AvgIpc) is 2.48. The zero-order chi connectivity index (χ0) is 19.7. The van der Waals surface area contributed by atoms with Crippen molar-refractivity contribution < 1.29 is 35.6 Å². The Hall–Kier alpha value is -1.45. The molecule has 13 heteroatoms. The molecule has 0 radical (unpaired) electrons. The molecule has 1 unspecified atom stereocenters. The van der Waals surface area contributed by atoms with Gasteiger partial charge in [-0.05, 0) is 36.4 Å². The van der Waals surface area contributed by atoms with Crippen molar-refractivity contribution in [3.63, 3.8) is 0 Å². The zero-order valence-electron chi connectivity index (χ0n) is 12.3. The van der Waals surface area contributed by atoms with Crippen LogP contribution in [0.5, 0.6) is 5.75 Å². The minimum atomic E-state index is -4.86. The topological polar surface area (TPSA) is 92.7 Å². The van der Waals surface area contributed by atoms with Crippen LogP contribution in [-0.4, -0.2) is 13.3 Å². The third-order valence-electron chi connectivity index (χ3n) is 2.94. The monoisotopic (exact) mass is 449 g/mol. The van der Waals surface area contributed by atoms with Crippen LogP contribution >= 0.6 is 31.5 Å². The van der Waals surface area contributed by atoms with Crippen molar-refractivity contribution in [2.45, 2.75) is 11.1 Å². The lowest BCUT2D eigenvalue weighted by molar-refractivity contribution is -0.137. The van der Waals surface area contributed by atoms with Crippen LogP contribution in [-0.2, 0) is 20.8 Å². The highest BCUT2D eigenvalue weighted by Crippen LogP contribution is 2.38. The van der Waals surface area contributed by atoms with Crippen molar-refractivity contribution in [3.05, 3.63) is 52.0 Å². The number of hydrogen-bond donors (Lipinski definition) is 2. The summed E-state index contributed by atoms with van der Waals surface area (Å²) in [7, 11) is -7.97. The second-order valence-corrected chi connectivity index (χ2v) is 8.02. The summed E-state index contributed by atoms with van der Waals surface area (Å²) in [5.74, 6) is -0.325. The van der Waals surface area contributed by atoms with Gasteiger partial charge in [0, 0.05) is 5.02 Å². The van der Waals surface area contributed by atoms with E-state index in [-0.39, 0.29) is 16.5 Å². The lowest BCUT2D eigenvalue weighted by Crippen LogP contribution is -2.15. The van der Waals surface area contributed by atoms with E-state index in [1.54, 1.807) is 0 Å². The maximum atomic E-state index is 12.9. The fourth-order valence-electron chi connectivity index (χ4n) is 1.86. The van der Waals surface area contributed by atoms with E-state index in [4.69, 9.17) is 28.1 Å². The van der Waals surface area contributed by atoms with Crippen LogP contribution in [0.1, 0.15) is 5.56 Å². The van der Waals surface area contributed by atoms with Gasteiger partial charge in [0.05, 0.1) is 21.2 Å². The fraction of sp³-hybridized carbons (Fsp3) is 0.0769. The summed E-state index contributed by atoms with van der Waals surface area (Å²) in [6.45, 7) is 0. The maximum Gasteiger partial charge on any atom is 0.417 e. The van der Waals surface area contributed by atoms with Crippen molar-refractivity contribution in [1.29, 1.82) is 0 Å². The predicted molar refractivity (Wildman–Crippen MR) is 90.6 cm³/mol. The second-order valence-electron chi connectivity index (χ2n) is 4.75. The molecule has 142 valence electrons. The highest BCUT2D eigenvalue weighted by molar-refractivity contribution is 7.92. The molecule has 0 heterocycles. The Balaban J connectivity index is 2.47. The summed E-state index contributed by atoms with van der Waals surface area (Å²) in [5.41, 5.74) is -1.65. The Bertz CT molecular complexity index is 969. The SMILES string of the molecule is O=[PH](O)Oc1ccc(Cl)cc1NS(=O)(=O)c1ccc(Cl)c(C(F)(F)F)c1. The quantitative estimate of drug-likeness (QED) is 0.652. The largest absolute Gasteiger partial charge is 0.424 e. The molecule has 0 aliphatic heterocycles. The first kappa shape index (κ1) is 20.9. The van der Waals surface area contributed by atoms with Gasteiger partial charge in [-0.2, -0.15) is 13.2 Å². The number of halogens is 5. The minimum absolute atomic E-state index is 0.0553. The molecular formula is C13H9Cl2F3NO5PS. The van der Waals surface area contributed by atoms with Gasteiger partial charge in [0.15, 0.2) is 5.75 Å². The Morgan fingerprint density at radius 2 is 1.77 bits per heavy atom. The van der Waals surface area contributed by atoms with Crippen LogP contribution in [0.3, 0.4) is 0 Å². The molecule has 0 aliphatic carbocycles. The number of alkyl halides is 3. The molecule has 0 spiro atoms. The molecule has 1 atom stereocenters. The van der Waals surface area contributed by atoms with Crippen LogP contribution in [0, 0.1) is 0 Å². The number of sulfonamides is 1. The van der Waals surface area contributed by atoms with Gasteiger partial charge in [-0.15, -0.1) is 0 Å². The number of nitrogens with one attached hydrogen (secondary N) is 1. The van der Waals surface area contributed by atoms with Gasteiger partial charge in [-0.3, -0.25) is 4.72 Å². The molecule has 0 saturated heterocycles. The molecule has 6 nitrogen and oxygen atoms in total. The number of hydrogen-bond acceptors (Lipinski definition) is 4. The van der Waals surface area contributed by atoms with Crippen LogP contribution in [0.4, 0.5) is 18.9 Å². The Labute approximate surface area is 156 Å². The summed E-state index contributed by atoms with van der Waals surface area (Å²) in [6.07, 6.45) is -4.86. The molecule has 0 aliphatic rings. The normalized spacial score (nSPS) is 13.3. The van der Waals surface area contributed by atoms with E-state index in [0.29, 0.717) is 6.07 Å². The lowest BCUT2D eigenvalue weighted by Gasteiger charge is -2.14. The van der Waals surface area contributed by atoms with Crippen molar-refractivity contribution in [3.8, 4) is 5.75 Å². The first-order valence-corrected chi connectivity index (χ1v) is 10.0. The molecule has 2 rings (SSSR count). The van der Waals surface area contributed by atoms with E-state index in [2.05, 4.69) is 4.52 Å². The smallest absolute Gasteiger partial charge is 0.417 e. The average molecular weight is 450 g/mol. The van der Waals surface area contributed by atoms with Gasteiger partial charge in [-0.25, -0.2) is 13.0 Å². The Kier molecular flexibility index (Phi) is 6.14. The standard InChI is InChI=1S/C13H9Cl2F3NO5PS/c14-7-1-4-12(24-25(20)21)11(5-7)19-26(22,23)8-2-3-10(15)9(6-8)13(16,17)18/h1-6,19,25H,(H,20,21). The Morgan fingerprint density at radius 3 is 2.35 bits per heavy atom. The minimum Gasteiger partial charge on any atom is -0.424 e. The number of rotatable bonds is 5. The molecule has 0 aromatic heterocycles. The van der Waals surface area contributed by atoms with Gasteiger partial charge in [-0.1, -0.05) is 23.2 Å². The Morgan fingerprint density at radius 1 is 1.12 bits per heavy atom. The molecule has 2 N–H and O–H groups in total. The second kappa shape index (κ2) is 7.66. The molecule has 0 saturated carbocycles. The van der Waals surface area contributed by atoms with Crippen molar-refractivity contribution in [2.24, 2.45) is 0 Å². The van der Waals surface area contributed by atoms with E-state index in [0.717, 1.165) is 24.3 Å². The predicted octanol–water partition coefficient (Wildman–Crippen LogP) is 4.57. The van der Waals surface area contributed by atoms with Gasteiger partial charge < -0.3 is 9.42 Å². The molecule has 2 aromatic carbocycles. The summed E-state index contributed by atoms with van der Waals surface area (Å²) < 4.78 is 80.9. The number of anilines is 1. The van der Waals surface area contributed by atoms with Crippen molar-refractivity contribution in [2.75, 3.05) is 4.72 Å². The lowest BCUT2D eigenvalue weighted by atomic mass is 10.2. The molecule has 2 aromatic rings. The summed E-state index contributed by atoms with van der Waals surface area (Å²) >= 11 is 11.2. The first-order valence-electron chi connectivity index (χ1n) is 6.50. The molecule has 0 fully saturated rings. The molecular weight excluding hydrogens is 441 g/mol. The van der Waals surface area contributed by atoms with Gasteiger partial charge in [0.25, 0.3) is 10.0 Å². The van der Waals surface area contributed by atoms with E-state index >= 15 is 0 Å². The summed E-state index contributed by atoms with van der Waals surface area (Å²) in [6, 6.07) is 5.50. The molecule has 0 bridgehead atoms. The maximum absolute atomic E-state index is 12.9. The van der Waals surface area contributed by atoms with Crippen LogP contribution in [0.25, 0.3) is 0 Å².